The Balaban J connectivity index is 1.68. The molecule has 5 nitrogen and oxygen atoms in total. The highest BCUT2D eigenvalue weighted by molar-refractivity contribution is 6.32. The highest BCUT2D eigenvalue weighted by Crippen LogP contribution is 2.48. The van der Waals surface area contributed by atoms with Crippen LogP contribution < -0.4 is 10.1 Å². The second-order valence-corrected chi connectivity index (χ2v) is 6.14. The molecule has 1 saturated carbocycles. The fraction of sp³-hybridized carbons (Fsp3) is 0.333. The zero-order chi connectivity index (χ0) is 17.0. The molecule has 2 aromatic rings. The molecule has 0 bridgehead atoms. The van der Waals surface area contributed by atoms with Crippen molar-refractivity contribution in [3.63, 3.8) is 0 Å². The molecular formula is C18H19ClN2O3. The van der Waals surface area contributed by atoms with Gasteiger partial charge in [0.05, 0.1) is 22.7 Å². The first-order valence-electron chi connectivity index (χ1n) is 7.80. The number of nitrogens with one attached hydrogen (secondary N) is 1. The Morgan fingerprint density at radius 2 is 2.12 bits per heavy atom. The normalized spacial score (nSPS) is 14.9. The summed E-state index contributed by atoms with van der Waals surface area (Å²) in [7, 11) is 1.61. The van der Waals surface area contributed by atoms with Gasteiger partial charge in [-0.05, 0) is 43.2 Å². The van der Waals surface area contributed by atoms with E-state index in [4.69, 9.17) is 21.1 Å². The van der Waals surface area contributed by atoms with Gasteiger partial charge in [0.25, 0.3) is 0 Å². The van der Waals surface area contributed by atoms with Crippen LogP contribution in [0, 0.1) is 0 Å². The summed E-state index contributed by atoms with van der Waals surface area (Å²) in [6, 6.07) is 10.9. The van der Waals surface area contributed by atoms with Crippen LogP contribution in [0.1, 0.15) is 18.5 Å². The lowest BCUT2D eigenvalue weighted by Gasteiger charge is -2.15. The molecule has 1 fully saturated rings. The number of benzene rings is 1. The minimum Gasteiger partial charge on any atom is -0.490 e. The number of pyridine rings is 1. The van der Waals surface area contributed by atoms with Gasteiger partial charge < -0.3 is 14.8 Å². The van der Waals surface area contributed by atoms with Crippen molar-refractivity contribution >= 4 is 23.2 Å². The van der Waals surface area contributed by atoms with Crippen molar-refractivity contribution in [1.29, 1.82) is 0 Å². The van der Waals surface area contributed by atoms with E-state index in [0.29, 0.717) is 29.7 Å². The third kappa shape index (κ3) is 3.52. The molecule has 1 amide bonds. The third-order valence-corrected chi connectivity index (χ3v) is 4.37. The van der Waals surface area contributed by atoms with Crippen LogP contribution in [0.3, 0.4) is 0 Å². The van der Waals surface area contributed by atoms with Crippen LogP contribution in [0.25, 0.3) is 0 Å². The van der Waals surface area contributed by atoms with E-state index in [0.717, 1.165) is 18.5 Å². The van der Waals surface area contributed by atoms with Gasteiger partial charge in [-0.25, -0.2) is 0 Å². The number of methoxy groups -OCH3 is 1. The second kappa shape index (κ2) is 7.20. The third-order valence-electron chi connectivity index (χ3n) is 4.07. The molecule has 1 N–H and O–H groups in total. The summed E-state index contributed by atoms with van der Waals surface area (Å²) in [4.78, 5) is 17.0. The molecular weight excluding hydrogens is 328 g/mol. The average molecular weight is 347 g/mol. The first-order chi connectivity index (χ1) is 11.7. The molecule has 0 unspecified atom stereocenters. The highest BCUT2D eigenvalue weighted by Gasteiger charge is 2.52. The number of carbonyl (C=O) groups is 1. The molecule has 1 aromatic carbocycles. The number of aromatic nitrogens is 1. The maximum atomic E-state index is 12.7. The van der Waals surface area contributed by atoms with E-state index in [-0.39, 0.29) is 5.91 Å². The summed E-state index contributed by atoms with van der Waals surface area (Å²) in [5, 5.41) is 3.39. The quantitative estimate of drug-likeness (QED) is 0.780. The fourth-order valence-electron chi connectivity index (χ4n) is 2.55. The van der Waals surface area contributed by atoms with Gasteiger partial charge in [0.1, 0.15) is 12.4 Å². The number of hydrogen-bond acceptors (Lipinski definition) is 4. The van der Waals surface area contributed by atoms with Crippen LogP contribution in [-0.2, 0) is 14.9 Å². The van der Waals surface area contributed by atoms with Crippen molar-refractivity contribution in [2.75, 3.05) is 25.6 Å². The van der Waals surface area contributed by atoms with Gasteiger partial charge in [-0.1, -0.05) is 17.7 Å². The predicted molar refractivity (Wildman–Crippen MR) is 92.6 cm³/mol. The van der Waals surface area contributed by atoms with Crippen molar-refractivity contribution in [1.82, 2.24) is 4.98 Å². The van der Waals surface area contributed by atoms with Crippen molar-refractivity contribution in [2.24, 2.45) is 0 Å². The van der Waals surface area contributed by atoms with Gasteiger partial charge in [-0.3, -0.25) is 9.78 Å². The number of ether oxygens (including phenoxy) is 2. The molecule has 0 saturated heterocycles. The average Bonchev–Trinajstić information content (AvgIpc) is 3.40. The maximum Gasteiger partial charge on any atom is 0.236 e. The Morgan fingerprint density at radius 3 is 2.75 bits per heavy atom. The number of amides is 1. The van der Waals surface area contributed by atoms with Crippen molar-refractivity contribution in [3.8, 4) is 5.75 Å². The number of rotatable bonds is 7. The van der Waals surface area contributed by atoms with Crippen molar-refractivity contribution in [2.45, 2.75) is 18.3 Å². The van der Waals surface area contributed by atoms with Crippen LogP contribution in [0.2, 0.25) is 5.02 Å². The molecule has 24 heavy (non-hydrogen) atoms. The Labute approximate surface area is 145 Å². The monoisotopic (exact) mass is 346 g/mol. The topological polar surface area (TPSA) is 60.5 Å². The fourth-order valence-corrected chi connectivity index (χ4v) is 2.79. The van der Waals surface area contributed by atoms with Gasteiger partial charge in [-0.2, -0.15) is 0 Å². The SMILES string of the molecule is COCCOc1ccc(NC(=O)C2(c3ccccn3)CC2)cc1Cl. The molecule has 3 rings (SSSR count). The van der Waals surface area contributed by atoms with E-state index in [1.165, 1.54) is 0 Å². The number of anilines is 1. The van der Waals surface area contributed by atoms with Crippen molar-refractivity contribution in [3.05, 3.63) is 53.3 Å². The Hall–Kier alpha value is -2.11. The van der Waals surface area contributed by atoms with Crippen LogP contribution in [0.4, 0.5) is 5.69 Å². The lowest BCUT2D eigenvalue weighted by molar-refractivity contribution is -0.118. The number of hydrogen-bond donors (Lipinski definition) is 1. The molecule has 126 valence electrons. The minimum atomic E-state index is -0.513. The van der Waals surface area contributed by atoms with E-state index in [1.807, 2.05) is 18.2 Å². The molecule has 0 aliphatic heterocycles. The van der Waals surface area contributed by atoms with E-state index in [9.17, 15) is 4.79 Å². The number of halogens is 1. The first-order valence-corrected chi connectivity index (χ1v) is 8.18. The molecule has 1 aliphatic carbocycles. The summed E-state index contributed by atoms with van der Waals surface area (Å²) in [6.07, 6.45) is 3.33. The smallest absolute Gasteiger partial charge is 0.236 e. The lowest BCUT2D eigenvalue weighted by atomic mass is 10.0. The largest absolute Gasteiger partial charge is 0.490 e. The van der Waals surface area contributed by atoms with Crippen LogP contribution in [-0.4, -0.2) is 31.2 Å². The van der Waals surface area contributed by atoms with E-state index >= 15 is 0 Å². The van der Waals surface area contributed by atoms with Gasteiger partial charge in [-0.15, -0.1) is 0 Å². The summed E-state index contributed by atoms with van der Waals surface area (Å²) in [6.45, 7) is 0.909. The molecule has 1 aliphatic rings. The summed E-state index contributed by atoms with van der Waals surface area (Å²) in [5.41, 5.74) is 0.945. The van der Waals surface area contributed by atoms with Crippen molar-refractivity contribution < 1.29 is 14.3 Å². The van der Waals surface area contributed by atoms with E-state index in [1.54, 1.807) is 31.5 Å². The van der Waals surface area contributed by atoms with E-state index in [2.05, 4.69) is 10.3 Å². The zero-order valence-corrected chi connectivity index (χ0v) is 14.2. The minimum absolute atomic E-state index is 0.0506. The molecule has 0 radical (unpaired) electrons. The predicted octanol–water partition coefficient (Wildman–Crippen LogP) is 3.43. The van der Waals surface area contributed by atoms with Gasteiger partial charge in [0.15, 0.2) is 0 Å². The Bertz CT molecular complexity index is 717. The summed E-state index contributed by atoms with van der Waals surface area (Å²) < 4.78 is 10.4. The maximum absolute atomic E-state index is 12.7. The molecule has 6 heteroatoms. The number of carbonyl (C=O) groups excluding carboxylic acids is 1. The Morgan fingerprint density at radius 1 is 1.29 bits per heavy atom. The van der Waals surface area contributed by atoms with Gasteiger partial charge in [0.2, 0.25) is 5.91 Å². The molecule has 0 spiro atoms. The molecule has 1 aromatic heterocycles. The van der Waals surface area contributed by atoms with E-state index < -0.39 is 5.41 Å². The first kappa shape index (κ1) is 16.7. The highest BCUT2D eigenvalue weighted by atomic mass is 35.5. The summed E-state index contributed by atoms with van der Waals surface area (Å²) >= 11 is 6.21. The standard InChI is InChI=1S/C18H19ClN2O3/c1-23-10-11-24-15-6-5-13(12-14(15)19)21-17(22)18(7-8-18)16-4-2-3-9-20-16/h2-6,9,12H,7-8,10-11H2,1H3,(H,21,22). The molecule has 1 heterocycles. The van der Waals surface area contributed by atoms with Gasteiger partial charge in [0, 0.05) is 19.0 Å². The van der Waals surface area contributed by atoms with Crippen LogP contribution >= 0.6 is 11.6 Å². The van der Waals surface area contributed by atoms with Crippen LogP contribution in [0.5, 0.6) is 5.75 Å². The molecule has 0 atom stereocenters. The van der Waals surface area contributed by atoms with Crippen LogP contribution in [0.15, 0.2) is 42.6 Å². The Kier molecular flexibility index (Phi) is 5.02. The summed E-state index contributed by atoms with van der Waals surface area (Å²) in [5.74, 6) is 0.517. The zero-order valence-electron chi connectivity index (χ0n) is 13.4. The number of nitrogens with zero attached hydrogens (tertiary/aromatic N) is 1. The second-order valence-electron chi connectivity index (χ2n) is 5.74. The van der Waals surface area contributed by atoms with Gasteiger partial charge >= 0.3 is 0 Å². The lowest BCUT2D eigenvalue weighted by Crippen LogP contribution is -2.28.